The van der Waals surface area contributed by atoms with Crippen molar-refractivity contribution in [3.8, 4) is 6.07 Å². The van der Waals surface area contributed by atoms with Crippen LogP contribution in [0.5, 0.6) is 0 Å². The number of hydrogen-bond donors (Lipinski definition) is 0. The Hall–Kier alpha value is -4.01. The molecule has 0 aliphatic carbocycles. The number of ether oxygens (including phenoxy) is 1. The van der Waals surface area contributed by atoms with Crippen LogP contribution in [0.1, 0.15) is 12.2 Å². The lowest BCUT2D eigenvalue weighted by Crippen LogP contribution is -2.25. The monoisotopic (exact) mass is 487 g/mol. The predicted molar refractivity (Wildman–Crippen MR) is 132 cm³/mol. The van der Waals surface area contributed by atoms with Crippen molar-refractivity contribution >= 4 is 39.3 Å². The molecule has 3 aromatic heterocycles. The minimum Gasteiger partial charge on any atom is -0.385 e. The summed E-state index contributed by atoms with van der Waals surface area (Å²) < 4.78 is 9.99. The first-order chi connectivity index (χ1) is 17.1. The smallest absolute Gasteiger partial charge is 0.262 e. The summed E-state index contributed by atoms with van der Waals surface area (Å²) in [6.07, 6.45) is 0.654. The van der Waals surface area contributed by atoms with Crippen LogP contribution in [0, 0.1) is 11.3 Å². The van der Waals surface area contributed by atoms with Crippen LogP contribution < -0.4 is 11.1 Å². The van der Waals surface area contributed by atoms with Crippen molar-refractivity contribution in [1.82, 2.24) is 28.7 Å². The maximum Gasteiger partial charge on any atom is 0.262 e. The zero-order valence-electron chi connectivity index (χ0n) is 18.9. The summed E-state index contributed by atoms with van der Waals surface area (Å²) in [7, 11) is 1.62. The van der Waals surface area contributed by atoms with E-state index in [4.69, 9.17) is 4.74 Å². The zero-order valence-corrected chi connectivity index (χ0v) is 19.7. The zero-order chi connectivity index (χ0) is 24.4. The molecule has 10 nitrogen and oxygen atoms in total. The minimum absolute atomic E-state index is 0.102. The lowest BCUT2D eigenvalue weighted by atomic mass is 10.2. The number of para-hydroxylation sites is 2. The van der Waals surface area contributed by atoms with Crippen LogP contribution >= 0.6 is 11.8 Å². The maximum absolute atomic E-state index is 13.2. The van der Waals surface area contributed by atoms with E-state index in [1.165, 1.54) is 16.3 Å². The third-order valence-corrected chi connectivity index (χ3v) is 6.63. The van der Waals surface area contributed by atoms with E-state index in [2.05, 4.69) is 15.2 Å². The Morgan fingerprint density at radius 2 is 1.74 bits per heavy atom. The van der Waals surface area contributed by atoms with Gasteiger partial charge in [-0.3, -0.25) is 23.1 Å². The number of aromatic nitrogens is 6. The largest absolute Gasteiger partial charge is 0.385 e. The van der Waals surface area contributed by atoms with Gasteiger partial charge in [-0.05, 0) is 30.7 Å². The molecule has 0 saturated carbocycles. The number of thioether (sulfide) groups is 1. The standard InChI is InChI=1S/C24H21N7O3S/c1-34-14-6-12-30-22(33)17-8-3-5-10-19(17)31-23(30)27-28-24(31)35-15-20-26-18-9-4-2-7-16(18)21(32)29(20)13-11-25/h2-5,7-10H,6,12-15H2,1H3. The van der Waals surface area contributed by atoms with Crippen LogP contribution in [0.15, 0.2) is 63.3 Å². The fourth-order valence-electron chi connectivity index (χ4n) is 4.08. The second-order valence-electron chi connectivity index (χ2n) is 7.82. The van der Waals surface area contributed by atoms with E-state index in [1.54, 1.807) is 35.9 Å². The Morgan fingerprint density at radius 1 is 1.00 bits per heavy atom. The third kappa shape index (κ3) is 4.07. The molecular formula is C24H21N7O3S. The van der Waals surface area contributed by atoms with Crippen molar-refractivity contribution in [1.29, 1.82) is 5.26 Å². The summed E-state index contributed by atoms with van der Waals surface area (Å²) in [5, 5.41) is 19.5. The van der Waals surface area contributed by atoms with Gasteiger partial charge in [0.2, 0.25) is 5.78 Å². The van der Waals surface area contributed by atoms with Gasteiger partial charge in [0.1, 0.15) is 12.4 Å². The molecule has 0 atom stereocenters. The summed E-state index contributed by atoms with van der Waals surface area (Å²) in [6, 6.07) is 16.5. The molecule has 0 aliphatic rings. The van der Waals surface area contributed by atoms with Gasteiger partial charge in [0.25, 0.3) is 11.1 Å². The molecule has 3 heterocycles. The fraction of sp³-hybridized carbons (Fsp3) is 0.250. The third-order valence-electron chi connectivity index (χ3n) is 5.71. The van der Waals surface area contributed by atoms with Gasteiger partial charge >= 0.3 is 0 Å². The summed E-state index contributed by atoms with van der Waals surface area (Å²) >= 11 is 1.34. The van der Waals surface area contributed by atoms with Crippen LogP contribution in [-0.2, 0) is 23.6 Å². The van der Waals surface area contributed by atoms with Crippen molar-refractivity contribution in [2.75, 3.05) is 13.7 Å². The fourth-order valence-corrected chi connectivity index (χ4v) is 4.97. The molecule has 0 saturated heterocycles. The van der Waals surface area contributed by atoms with E-state index in [-0.39, 0.29) is 17.7 Å². The molecule has 0 fully saturated rings. The molecule has 5 aromatic rings. The van der Waals surface area contributed by atoms with E-state index >= 15 is 0 Å². The summed E-state index contributed by atoms with van der Waals surface area (Å²) in [4.78, 5) is 30.8. The molecule has 5 rings (SSSR count). The number of nitrogens with zero attached hydrogens (tertiary/aromatic N) is 7. The number of hydrogen-bond acceptors (Lipinski definition) is 8. The van der Waals surface area contributed by atoms with Gasteiger partial charge in [-0.25, -0.2) is 4.98 Å². The number of fused-ring (bicyclic) bond motifs is 4. The highest BCUT2D eigenvalue weighted by Gasteiger charge is 2.18. The van der Waals surface area contributed by atoms with Gasteiger partial charge in [0.15, 0.2) is 5.16 Å². The normalized spacial score (nSPS) is 11.4. The number of methoxy groups -OCH3 is 1. The van der Waals surface area contributed by atoms with E-state index < -0.39 is 0 Å². The first-order valence-electron chi connectivity index (χ1n) is 11.0. The molecule has 2 aromatic carbocycles. The van der Waals surface area contributed by atoms with E-state index in [1.807, 2.05) is 34.7 Å². The SMILES string of the molecule is COCCCn1c(=O)c2ccccc2n2c(SCc3nc4ccccc4c(=O)n3CC#N)nnc12. The molecular weight excluding hydrogens is 466 g/mol. The molecule has 0 spiro atoms. The van der Waals surface area contributed by atoms with Crippen LogP contribution in [0.3, 0.4) is 0 Å². The minimum atomic E-state index is -0.253. The quantitative estimate of drug-likeness (QED) is 0.242. The van der Waals surface area contributed by atoms with Crippen LogP contribution in [0.4, 0.5) is 0 Å². The second kappa shape index (κ2) is 9.69. The molecule has 0 radical (unpaired) electrons. The second-order valence-corrected chi connectivity index (χ2v) is 8.76. The Labute approximate surface area is 203 Å². The van der Waals surface area contributed by atoms with Gasteiger partial charge in [-0.15, -0.1) is 10.2 Å². The topological polar surface area (TPSA) is 120 Å². The Bertz CT molecular complexity index is 1710. The molecule has 0 bridgehead atoms. The first-order valence-corrected chi connectivity index (χ1v) is 12.0. The number of aryl methyl sites for hydroxylation is 1. The Morgan fingerprint density at radius 3 is 2.54 bits per heavy atom. The molecule has 0 unspecified atom stereocenters. The van der Waals surface area contributed by atoms with E-state index in [0.29, 0.717) is 63.9 Å². The predicted octanol–water partition coefficient (Wildman–Crippen LogP) is 2.61. The Balaban J connectivity index is 1.60. The molecule has 0 N–H and O–H groups in total. The maximum atomic E-state index is 13.2. The molecule has 11 heteroatoms. The average molecular weight is 488 g/mol. The van der Waals surface area contributed by atoms with Crippen LogP contribution in [0.2, 0.25) is 0 Å². The van der Waals surface area contributed by atoms with Gasteiger partial charge in [0, 0.05) is 20.3 Å². The number of benzene rings is 2. The van der Waals surface area contributed by atoms with E-state index in [0.717, 1.165) is 0 Å². The lowest BCUT2D eigenvalue weighted by molar-refractivity contribution is 0.190. The van der Waals surface area contributed by atoms with Gasteiger partial charge in [-0.2, -0.15) is 5.26 Å². The highest BCUT2D eigenvalue weighted by Crippen LogP contribution is 2.24. The number of rotatable bonds is 8. The molecule has 35 heavy (non-hydrogen) atoms. The van der Waals surface area contributed by atoms with Crippen molar-refractivity contribution in [2.45, 2.75) is 30.4 Å². The highest BCUT2D eigenvalue weighted by molar-refractivity contribution is 7.98. The van der Waals surface area contributed by atoms with Crippen molar-refractivity contribution in [2.24, 2.45) is 0 Å². The first kappa shape index (κ1) is 22.8. The van der Waals surface area contributed by atoms with Crippen molar-refractivity contribution < 1.29 is 4.74 Å². The molecule has 0 amide bonds. The number of nitriles is 1. The lowest BCUT2D eigenvalue weighted by Gasteiger charge is -2.12. The molecule has 176 valence electrons. The van der Waals surface area contributed by atoms with Gasteiger partial charge < -0.3 is 4.74 Å². The Kier molecular flexibility index (Phi) is 6.31. The summed E-state index contributed by atoms with van der Waals surface area (Å²) in [6.45, 7) is 0.859. The van der Waals surface area contributed by atoms with Gasteiger partial charge in [-0.1, -0.05) is 36.0 Å². The van der Waals surface area contributed by atoms with Gasteiger partial charge in [0.05, 0.1) is 33.6 Å². The van der Waals surface area contributed by atoms with Crippen molar-refractivity contribution in [3.63, 3.8) is 0 Å². The van der Waals surface area contributed by atoms with Crippen LogP contribution in [-0.4, -0.2) is 42.4 Å². The summed E-state index contributed by atoms with van der Waals surface area (Å²) in [5.74, 6) is 1.20. The average Bonchev–Trinajstić information content (AvgIpc) is 3.31. The highest BCUT2D eigenvalue weighted by atomic mass is 32.2. The van der Waals surface area contributed by atoms with Crippen molar-refractivity contribution in [3.05, 3.63) is 75.1 Å². The van der Waals surface area contributed by atoms with E-state index in [9.17, 15) is 14.9 Å². The van der Waals surface area contributed by atoms with Crippen LogP contribution in [0.25, 0.3) is 27.6 Å². The molecule has 0 aliphatic heterocycles. The summed E-state index contributed by atoms with van der Waals surface area (Å²) in [5.41, 5.74) is 0.887.